The normalized spacial score (nSPS) is 15.7. The first-order valence-corrected chi connectivity index (χ1v) is 7.66. The second-order valence-electron chi connectivity index (χ2n) is 3.40. The molecule has 0 saturated carbocycles. The van der Waals surface area contributed by atoms with E-state index < -0.39 is 8.56 Å². The van der Waals surface area contributed by atoms with Crippen molar-refractivity contribution >= 4 is 8.56 Å². The molecule has 0 N–H and O–H groups in total. The van der Waals surface area contributed by atoms with Crippen LogP contribution < -0.4 is 0 Å². The number of hydrogen-bond donors (Lipinski definition) is 0. The van der Waals surface area contributed by atoms with Crippen LogP contribution in [0.5, 0.6) is 0 Å². The molecule has 0 heterocycles. The van der Waals surface area contributed by atoms with E-state index in [1.807, 2.05) is 7.11 Å². The molecule has 3 heteroatoms. The van der Waals surface area contributed by atoms with Crippen molar-refractivity contribution in [1.29, 1.82) is 0 Å². The molecule has 1 atom stereocenters. The highest BCUT2D eigenvalue weighted by Gasteiger charge is 2.34. The molecule has 0 saturated heterocycles. The lowest BCUT2D eigenvalue weighted by molar-refractivity contribution is 0.206. The van der Waals surface area contributed by atoms with Crippen molar-refractivity contribution in [2.75, 3.05) is 13.7 Å². The molecule has 0 aromatic rings. The van der Waals surface area contributed by atoms with Gasteiger partial charge in [-0.3, -0.25) is 0 Å². The van der Waals surface area contributed by atoms with Gasteiger partial charge in [-0.2, -0.15) is 0 Å². The Labute approximate surface area is 83.9 Å². The molecule has 0 aromatic heterocycles. The van der Waals surface area contributed by atoms with E-state index in [4.69, 9.17) is 8.85 Å². The van der Waals surface area contributed by atoms with E-state index in [1.165, 1.54) is 19.3 Å². The molecule has 0 rings (SSSR count). The van der Waals surface area contributed by atoms with E-state index >= 15 is 0 Å². The second-order valence-corrected chi connectivity index (χ2v) is 6.92. The van der Waals surface area contributed by atoms with Crippen LogP contribution in [-0.2, 0) is 8.85 Å². The molecule has 0 radical (unpaired) electrons. The molecule has 0 aromatic carbocycles. The highest BCUT2D eigenvalue weighted by atomic mass is 28.4. The van der Waals surface area contributed by atoms with Crippen LogP contribution in [0.25, 0.3) is 0 Å². The minimum absolute atomic E-state index is 0.795. The van der Waals surface area contributed by atoms with Gasteiger partial charge in [0.1, 0.15) is 0 Å². The lowest BCUT2D eigenvalue weighted by Crippen LogP contribution is -2.40. The molecular weight excluding hydrogens is 180 g/mol. The maximum absolute atomic E-state index is 5.84. The predicted molar refractivity (Wildman–Crippen MR) is 59.2 cm³/mol. The molecule has 0 amide bonds. The maximum Gasteiger partial charge on any atom is 0.337 e. The summed E-state index contributed by atoms with van der Waals surface area (Å²) in [5.41, 5.74) is 0. The van der Waals surface area contributed by atoms with Gasteiger partial charge in [-0.1, -0.05) is 33.1 Å². The maximum atomic E-state index is 5.84. The zero-order chi connectivity index (χ0) is 10.2. The minimum Gasteiger partial charge on any atom is -0.398 e. The fourth-order valence-electron chi connectivity index (χ4n) is 1.62. The van der Waals surface area contributed by atoms with Gasteiger partial charge in [0.25, 0.3) is 0 Å². The number of unbranched alkanes of at least 4 members (excludes halogenated alkanes) is 1. The van der Waals surface area contributed by atoms with Crippen molar-refractivity contribution in [1.82, 2.24) is 0 Å². The molecule has 0 spiro atoms. The third-order valence-corrected chi connectivity index (χ3v) is 6.26. The van der Waals surface area contributed by atoms with E-state index in [-0.39, 0.29) is 0 Å². The molecule has 2 nitrogen and oxygen atoms in total. The SMILES string of the molecule is CCCC[Si](CCC)(OC)OCC. The number of hydrogen-bond acceptors (Lipinski definition) is 2. The van der Waals surface area contributed by atoms with Crippen LogP contribution in [0.3, 0.4) is 0 Å². The first kappa shape index (κ1) is 13.1. The van der Waals surface area contributed by atoms with Crippen molar-refractivity contribution < 1.29 is 8.85 Å². The number of rotatable bonds is 8. The van der Waals surface area contributed by atoms with Crippen LogP contribution in [0.4, 0.5) is 0 Å². The summed E-state index contributed by atoms with van der Waals surface area (Å²) in [6.45, 7) is 7.27. The first-order chi connectivity index (χ1) is 6.24. The average Bonchev–Trinajstić information content (AvgIpc) is 2.15. The van der Waals surface area contributed by atoms with E-state index in [0.717, 1.165) is 18.7 Å². The highest BCUT2D eigenvalue weighted by molar-refractivity contribution is 6.67. The lowest BCUT2D eigenvalue weighted by Gasteiger charge is -2.28. The van der Waals surface area contributed by atoms with Crippen molar-refractivity contribution in [3.63, 3.8) is 0 Å². The Kier molecular flexibility index (Phi) is 7.61. The van der Waals surface area contributed by atoms with Crippen molar-refractivity contribution in [2.24, 2.45) is 0 Å². The van der Waals surface area contributed by atoms with Crippen molar-refractivity contribution in [3.8, 4) is 0 Å². The van der Waals surface area contributed by atoms with E-state index in [1.54, 1.807) is 0 Å². The van der Waals surface area contributed by atoms with Gasteiger partial charge in [-0.05, 0) is 19.0 Å². The van der Waals surface area contributed by atoms with Crippen LogP contribution in [-0.4, -0.2) is 22.3 Å². The molecule has 0 fully saturated rings. The molecule has 0 aliphatic heterocycles. The van der Waals surface area contributed by atoms with Crippen LogP contribution in [0, 0.1) is 0 Å². The molecule has 0 aliphatic rings. The highest BCUT2D eigenvalue weighted by Crippen LogP contribution is 2.22. The quantitative estimate of drug-likeness (QED) is 0.565. The van der Waals surface area contributed by atoms with Crippen molar-refractivity contribution in [2.45, 2.75) is 52.1 Å². The molecule has 0 aliphatic carbocycles. The van der Waals surface area contributed by atoms with Gasteiger partial charge in [0.05, 0.1) is 0 Å². The summed E-state index contributed by atoms with van der Waals surface area (Å²) >= 11 is 0. The Morgan fingerprint density at radius 1 is 1.00 bits per heavy atom. The second kappa shape index (κ2) is 7.53. The van der Waals surface area contributed by atoms with Crippen LogP contribution in [0.1, 0.15) is 40.0 Å². The van der Waals surface area contributed by atoms with Crippen LogP contribution in [0.2, 0.25) is 12.1 Å². The summed E-state index contributed by atoms with van der Waals surface area (Å²) in [6.07, 6.45) is 3.64. The third-order valence-electron chi connectivity index (χ3n) is 2.32. The molecule has 1 unspecified atom stereocenters. The Morgan fingerprint density at radius 3 is 2.08 bits per heavy atom. The Hall–Kier alpha value is 0.137. The summed E-state index contributed by atoms with van der Waals surface area (Å²) in [4.78, 5) is 0. The van der Waals surface area contributed by atoms with Crippen LogP contribution >= 0.6 is 0 Å². The third kappa shape index (κ3) is 4.79. The predicted octanol–water partition coefficient (Wildman–Crippen LogP) is 3.32. The summed E-state index contributed by atoms with van der Waals surface area (Å²) in [7, 11) is 0.0222. The van der Waals surface area contributed by atoms with Crippen LogP contribution in [0.15, 0.2) is 0 Å². The minimum atomic E-state index is -1.79. The molecule has 80 valence electrons. The van der Waals surface area contributed by atoms with Gasteiger partial charge in [-0.25, -0.2) is 0 Å². The van der Waals surface area contributed by atoms with Gasteiger partial charge in [0, 0.05) is 13.7 Å². The molecule has 13 heavy (non-hydrogen) atoms. The zero-order valence-electron chi connectivity index (χ0n) is 9.56. The zero-order valence-corrected chi connectivity index (χ0v) is 10.6. The topological polar surface area (TPSA) is 18.5 Å². The standard InChI is InChI=1S/C10H24O2Si/c1-5-8-10-13(11-4,9-6-2)12-7-3/h5-10H2,1-4H3. The van der Waals surface area contributed by atoms with E-state index in [9.17, 15) is 0 Å². The summed E-state index contributed by atoms with van der Waals surface area (Å²) in [5, 5.41) is 0. The lowest BCUT2D eigenvalue weighted by atomic mass is 10.4. The Morgan fingerprint density at radius 2 is 1.69 bits per heavy atom. The smallest absolute Gasteiger partial charge is 0.337 e. The Bertz CT molecular complexity index is 111. The van der Waals surface area contributed by atoms with Crippen molar-refractivity contribution in [3.05, 3.63) is 0 Å². The average molecular weight is 204 g/mol. The molecular formula is C10H24O2Si. The fourth-order valence-corrected chi connectivity index (χ4v) is 4.87. The van der Waals surface area contributed by atoms with E-state index in [0.29, 0.717) is 0 Å². The first-order valence-electron chi connectivity index (χ1n) is 5.43. The molecule has 0 bridgehead atoms. The summed E-state index contributed by atoms with van der Waals surface area (Å²) in [5.74, 6) is 0. The van der Waals surface area contributed by atoms with E-state index in [2.05, 4.69) is 20.8 Å². The van der Waals surface area contributed by atoms with Gasteiger partial charge in [0.15, 0.2) is 0 Å². The van der Waals surface area contributed by atoms with Gasteiger partial charge >= 0.3 is 8.56 Å². The van der Waals surface area contributed by atoms with Gasteiger partial charge in [0.2, 0.25) is 0 Å². The fraction of sp³-hybridized carbons (Fsp3) is 1.00. The van der Waals surface area contributed by atoms with Gasteiger partial charge < -0.3 is 8.85 Å². The Balaban J connectivity index is 4.07. The summed E-state index contributed by atoms with van der Waals surface area (Å²) in [6, 6.07) is 2.29. The monoisotopic (exact) mass is 204 g/mol. The van der Waals surface area contributed by atoms with Gasteiger partial charge in [-0.15, -0.1) is 0 Å². The largest absolute Gasteiger partial charge is 0.398 e. The summed E-state index contributed by atoms with van der Waals surface area (Å²) < 4.78 is 11.5.